The molecule has 0 radical (unpaired) electrons. The van der Waals surface area contributed by atoms with Gasteiger partial charge < -0.3 is 29.9 Å². The number of benzene rings is 1. The van der Waals surface area contributed by atoms with E-state index in [2.05, 4.69) is 5.32 Å². The summed E-state index contributed by atoms with van der Waals surface area (Å²) in [5, 5.41) is 23.6. The van der Waals surface area contributed by atoms with Gasteiger partial charge in [0.15, 0.2) is 0 Å². The van der Waals surface area contributed by atoms with Crippen LogP contribution in [0, 0.1) is 0 Å². The Morgan fingerprint density at radius 1 is 1.16 bits per heavy atom. The molecular weight excluding hydrogens is 447 g/mol. The van der Waals surface area contributed by atoms with E-state index in [4.69, 9.17) is 9.79 Å². The molecule has 0 saturated heterocycles. The maximum atomic E-state index is 11.9. The Kier molecular flexibility index (Phi) is 8.69. The summed E-state index contributed by atoms with van der Waals surface area (Å²) in [4.78, 5) is 53.2. The lowest BCUT2D eigenvalue weighted by Gasteiger charge is -2.19. The zero-order valence-electron chi connectivity index (χ0n) is 16.8. The molecule has 1 unspecified atom stereocenters. The Balaban J connectivity index is 2.34. The Morgan fingerprint density at radius 3 is 2.42 bits per heavy atom. The minimum absolute atomic E-state index is 0.00415. The van der Waals surface area contributed by atoms with Crippen LogP contribution < -0.4 is 5.32 Å². The van der Waals surface area contributed by atoms with Crippen molar-refractivity contribution in [2.24, 2.45) is 0 Å². The van der Waals surface area contributed by atoms with Crippen molar-refractivity contribution in [3.8, 4) is 0 Å². The van der Waals surface area contributed by atoms with E-state index < -0.39 is 43.7 Å². The minimum atomic E-state index is -4.25. The van der Waals surface area contributed by atoms with Crippen LogP contribution in [0.1, 0.15) is 32.2 Å². The van der Waals surface area contributed by atoms with Gasteiger partial charge in [-0.15, -0.1) is 11.8 Å². The summed E-state index contributed by atoms with van der Waals surface area (Å²) in [7, 11) is -4.25. The number of hydrogen-bond donors (Lipinski definition) is 5. The molecule has 0 aliphatic carbocycles. The van der Waals surface area contributed by atoms with Gasteiger partial charge in [-0.1, -0.05) is 31.2 Å². The van der Waals surface area contributed by atoms with E-state index in [1.807, 2.05) is 0 Å². The van der Waals surface area contributed by atoms with Gasteiger partial charge in [0.05, 0.1) is 5.03 Å². The first-order valence-corrected chi connectivity index (χ1v) is 12.3. The number of carbonyl (C=O) groups is 3. The van der Waals surface area contributed by atoms with E-state index in [-0.39, 0.29) is 25.0 Å². The van der Waals surface area contributed by atoms with E-state index in [0.29, 0.717) is 5.03 Å². The second kappa shape index (κ2) is 10.8. The third kappa shape index (κ3) is 7.10. The highest BCUT2D eigenvalue weighted by Gasteiger charge is 2.27. The monoisotopic (exact) mass is 472 g/mol. The molecule has 0 saturated carbocycles. The fourth-order valence-corrected chi connectivity index (χ4v) is 4.86. The molecule has 5 N–H and O–H groups in total. The molecule has 1 heterocycles. The van der Waals surface area contributed by atoms with Gasteiger partial charge in [0.25, 0.3) is 0 Å². The van der Waals surface area contributed by atoms with Crippen LogP contribution in [0.4, 0.5) is 0 Å². The van der Waals surface area contributed by atoms with E-state index in [1.54, 1.807) is 37.4 Å². The van der Waals surface area contributed by atoms with Crippen LogP contribution in [-0.2, 0) is 18.9 Å². The highest BCUT2D eigenvalue weighted by Crippen LogP contribution is 2.38. The number of aromatic nitrogens is 1. The van der Waals surface area contributed by atoms with Crippen LogP contribution in [0.25, 0.3) is 10.8 Å². The van der Waals surface area contributed by atoms with Crippen molar-refractivity contribution in [3.05, 3.63) is 30.5 Å². The summed E-state index contributed by atoms with van der Waals surface area (Å²) in [5.41, 5.74) is 0. The van der Waals surface area contributed by atoms with Crippen molar-refractivity contribution in [2.45, 2.75) is 43.3 Å². The van der Waals surface area contributed by atoms with E-state index in [9.17, 15) is 29.2 Å². The molecule has 31 heavy (non-hydrogen) atoms. The maximum Gasteiger partial charge on any atom is 0.327 e. The third-order valence-corrected chi connectivity index (χ3v) is 6.70. The molecular formula is C19H25N2O8PS. The van der Waals surface area contributed by atoms with Crippen molar-refractivity contribution in [1.29, 1.82) is 0 Å². The molecule has 1 amide bonds. The Morgan fingerprint density at radius 2 is 1.84 bits per heavy atom. The average Bonchev–Trinajstić information content (AvgIpc) is 3.05. The summed E-state index contributed by atoms with van der Waals surface area (Å²) < 4.78 is 12.6. The van der Waals surface area contributed by atoms with Crippen molar-refractivity contribution < 1.29 is 38.9 Å². The number of nitrogens with one attached hydrogen (secondary N) is 1. The van der Waals surface area contributed by atoms with Gasteiger partial charge in [-0.05, 0) is 12.8 Å². The van der Waals surface area contributed by atoms with Gasteiger partial charge in [0, 0.05) is 35.3 Å². The highest BCUT2D eigenvalue weighted by molar-refractivity contribution is 7.99. The quantitative estimate of drug-likeness (QED) is 0.230. The molecule has 2 rings (SSSR count). The Labute approximate surface area is 182 Å². The van der Waals surface area contributed by atoms with Gasteiger partial charge in [-0.25, -0.2) is 9.59 Å². The van der Waals surface area contributed by atoms with Crippen molar-refractivity contribution in [1.82, 2.24) is 9.88 Å². The number of rotatable bonds is 12. The molecule has 12 heteroatoms. The molecule has 2 aromatic rings. The van der Waals surface area contributed by atoms with Gasteiger partial charge >= 0.3 is 19.5 Å². The van der Waals surface area contributed by atoms with E-state index in [1.165, 1.54) is 4.57 Å². The topological polar surface area (TPSA) is 166 Å². The number of nitrogens with zero attached hydrogens (tertiary/aromatic N) is 1. The number of aliphatic carboxylic acids is 2. The summed E-state index contributed by atoms with van der Waals surface area (Å²) in [6.07, 6.45) is 1.33. The number of amides is 1. The summed E-state index contributed by atoms with van der Waals surface area (Å²) in [6.45, 7) is 1.61. The lowest BCUT2D eigenvalue weighted by molar-refractivity contribution is -0.141. The summed E-state index contributed by atoms with van der Waals surface area (Å²) in [5.74, 6) is -2.80. The molecule has 0 aliphatic rings. The normalized spacial score (nSPS) is 13.6. The van der Waals surface area contributed by atoms with Crippen molar-refractivity contribution in [2.75, 3.05) is 11.9 Å². The standard InChI is InChI=1S/C19H25N2O8PS/c1-2-16(22)20-14(18(23)24)11-31-17-13-7-4-3-6-12(13)10-21(17)15(19(25)26)8-5-9-30(27,28)29/h3-4,6-7,10,14-15H,2,5,8-9,11H2,1H3,(H,20,22)(H,23,24)(H,25,26)(H2,27,28,29)/t14-,15?/m0/s1. The molecule has 0 fully saturated rings. The van der Waals surface area contributed by atoms with Gasteiger partial charge in [-0.2, -0.15) is 0 Å². The van der Waals surface area contributed by atoms with Crippen molar-refractivity contribution in [3.63, 3.8) is 0 Å². The Hall–Kier alpha value is -2.33. The summed E-state index contributed by atoms with van der Waals surface area (Å²) >= 11 is 1.11. The fraction of sp³-hybridized carbons (Fsp3) is 0.421. The smallest absolute Gasteiger partial charge is 0.327 e. The molecule has 0 spiro atoms. The highest BCUT2D eigenvalue weighted by atomic mass is 32.2. The first kappa shape index (κ1) is 24.9. The van der Waals surface area contributed by atoms with Crippen LogP contribution in [0.2, 0.25) is 0 Å². The second-order valence-electron chi connectivity index (χ2n) is 6.94. The second-order valence-corrected chi connectivity index (χ2v) is 9.72. The van der Waals surface area contributed by atoms with Crippen LogP contribution in [0.5, 0.6) is 0 Å². The first-order chi connectivity index (χ1) is 14.5. The fourth-order valence-electron chi connectivity index (χ4n) is 3.04. The average molecular weight is 472 g/mol. The number of hydrogen-bond acceptors (Lipinski definition) is 5. The van der Waals surface area contributed by atoms with E-state index in [0.717, 1.165) is 22.5 Å². The molecule has 1 aromatic carbocycles. The largest absolute Gasteiger partial charge is 0.480 e. The first-order valence-electron chi connectivity index (χ1n) is 9.55. The number of thioether (sulfide) groups is 1. The molecule has 1 aromatic heterocycles. The van der Waals surface area contributed by atoms with Crippen LogP contribution in [0.15, 0.2) is 35.5 Å². The number of carboxylic acids is 2. The van der Waals surface area contributed by atoms with Crippen LogP contribution in [0.3, 0.4) is 0 Å². The molecule has 2 atom stereocenters. The predicted molar refractivity (Wildman–Crippen MR) is 115 cm³/mol. The number of carbonyl (C=O) groups excluding carboxylic acids is 1. The van der Waals surface area contributed by atoms with Gasteiger partial charge in [-0.3, -0.25) is 9.36 Å². The number of carboxylic acid groups (broad SMARTS) is 2. The molecule has 10 nitrogen and oxygen atoms in total. The Bertz CT molecular complexity index is 1000. The summed E-state index contributed by atoms with van der Waals surface area (Å²) in [6, 6.07) is 4.88. The van der Waals surface area contributed by atoms with Gasteiger partial charge in [0.2, 0.25) is 5.91 Å². The molecule has 0 aliphatic heterocycles. The molecule has 0 bridgehead atoms. The minimum Gasteiger partial charge on any atom is -0.480 e. The van der Waals surface area contributed by atoms with Gasteiger partial charge in [0.1, 0.15) is 12.1 Å². The predicted octanol–water partition coefficient (Wildman–Crippen LogP) is 2.30. The SMILES string of the molecule is CCC(=O)N[C@@H](CSc1c2ccccc2cn1C(CCCP(=O)(O)O)C(=O)O)C(=O)O. The number of fused-ring (bicyclic) bond motifs is 1. The van der Waals surface area contributed by atoms with Crippen molar-refractivity contribution >= 4 is 48.0 Å². The zero-order chi connectivity index (χ0) is 23.2. The maximum absolute atomic E-state index is 11.9. The lowest BCUT2D eigenvalue weighted by Crippen LogP contribution is -2.42. The lowest BCUT2D eigenvalue weighted by atomic mass is 10.1. The van der Waals surface area contributed by atoms with Crippen LogP contribution >= 0.6 is 19.4 Å². The van der Waals surface area contributed by atoms with E-state index >= 15 is 0 Å². The molecule has 170 valence electrons. The third-order valence-electron chi connectivity index (χ3n) is 4.59. The van der Waals surface area contributed by atoms with Crippen LogP contribution in [-0.4, -0.2) is 60.4 Å². The zero-order valence-corrected chi connectivity index (χ0v) is 18.5.